The van der Waals surface area contributed by atoms with Crippen LogP contribution in [0.1, 0.15) is 18.1 Å². The molecule has 0 fully saturated rings. The van der Waals surface area contributed by atoms with E-state index >= 15 is 0 Å². The number of para-hydroxylation sites is 1. The highest BCUT2D eigenvalue weighted by Crippen LogP contribution is 2.23. The molecule has 2 amide bonds. The number of halogens is 2. The average Bonchev–Trinajstić information content (AvgIpc) is 2.86. The molecule has 0 aliphatic carbocycles. The smallest absolute Gasteiger partial charge is 0.244 e. The molecule has 3 aromatic carbocycles. The predicted molar refractivity (Wildman–Crippen MR) is 143 cm³/mol. The van der Waals surface area contributed by atoms with Gasteiger partial charge in [0.25, 0.3) is 0 Å². The molecule has 0 unspecified atom stereocenters. The van der Waals surface area contributed by atoms with E-state index in [2.05, 4.69) is 5.32 Å². The Balaban J connectivity index is 2.04. The Hall–Kier alpha value is -3.43. The molecule has 7 nitrogen and oxygen atoms in total. The molecule has 0 aliphatic heterocycles. The van der Waals surface area contributed by atoms with Crippen LogP contribution in [-0.2, 0) is 32.6 Å². The molecule has 196 valence electrons. The van der Waals surface area contributed by atoms with Crippen LogP contribution in [-0.4, -0.2) is 50.5 Å². The highest BCUT2D eigenvalue weighted by atomic mass is 35.5. The van der Waals surface area contributed by atoms with Crippen LogP contribution in [0, 0.1) is 5.82 Å². The van der Waals surface area contributed by atoms with Crippen LogP contribution in [0.3, 0.4) is 0 Å². The fourth-order valence-corrected chi connectivity index (χ4v) is 4.86. The Morgan fingerprint density at radius 3 is 2.16 bits per heavy atom. The molecule has 1 atom stereocenters. The maximum Gasteiger partial charge on any atom is 0.244 e. The molecule has 0 heterocycles. The number of amides is 2. The quantitative estimate of drug-likeness (QED) is 0.394. The number of likely N-dealkylation sites (N-methyl/N-ethyl adjacent to an activating group) is 1. The Bertz CT molecular complexity index is 1320. The molecule has 10 heteroatoms. The van der Waals surface area contributed by atoms with Gasteiger partial charge < -0.3 is 10.2 Å². The van der Waals surface area contributed by atoms with Crippen LogP contribution in [0.25, 0.3) is 0 Å². The van der Waals surface area contributed by atoms with Gasteiger partial charge in [0.15, 0.2) is 0 Å². The largest absolute Gasteiger partial charge is 0.355 e. The van der Waals surface area contributed by atoms with Gasteiger partial charge in [-0.3, -0.25) is 13.9 Å². The fourth-order valence-electron chi connectivity index (χ4n) is 3.88. The lowest BCUT2D eigenvalue weighted by Gasteiger charge is -2.33. The SMILES string of the molecule is CCNC(=O)[C@H](Cc1ccccc1)N(Cc1ccc(Cl)cc1)C(=O)CN(c1ccccc1F)S(C)(=O)=O. The van der Waals surface area contributed by atoms with Gasteiger partial charge in [0.1, 0.15) is 18.4 Å². The molecular weight excluding hydrogens is 517 g/mol. The van der Waals surface area contributed by atoms with Crippen molar-refractivity contribution in [3.63, 3.8) is 0 Å². The van der Waals surface area contributed by atoms with Crippen molar-refractivity contribution in [2.45, 2.75) is 25.9 Å². The first-order chi connectivity index (χ1) is 17.6. The number of anilines is 1. The highest BCUT2D eigenvalue weighted by molar-refractivity contribution is 7.92. The Kier molecular flexibility index (Phi) is 9.66. The van der Waals surface area contributed by atoms with E-state index in [9.17, 15) is 22.4 Å². The van der Waals surface area contributed by atoms with Gasteiger partial charge in [0.2, 0.25) is 21.8 Å². The molecule has 0 radical (unpaired) electrons. The summed E-state index contributed by atoms with van der Waals surface area (Å²) in [4.78, 5) is 28.3. The van der Waals surface area contributed by atoms with E-state index in [1.165, 1.54) is 23.1 Å². The summed E-state index contributed by atoms with van der Waals surface area (Å²) in [6, 6.07) is 20.4. The van der Waals surface area contributed by atoms with Crippen molar-refractivity contribution in [3.8, 4) is 0 Å². The lowest BCUT2D eigenvalue weighted by atomic mass is 10.0. The second kappa shape index (κ2) is 12.7. The third-order valence-corrected chi connectivity index (χ3v) is 7.07. The summed E-state index contributed by atoms with van der Waals surface area (Å²) in [6.07, 6.45) is 1.10. The second-order valence-corrected chi connectivity index (χ2v) is 10.8. The first-order valence-electron chi connectivity index (χ1n) is 11.7. The van der Waals surface area contributed by atoms with Gasteiger partial charge in [0, 0.05) is 24.5 Å². The normalized spacial score (nSPS) is 12.0. The average molecular weight is 546 g/mol. The first-order valence-corrected chi connectivity index (χ1v) is 13.9. The second-order valence-electron chi connectivity index (χ2n) is 8.47. The number of rotatable bonds is 11. The molecular formula is C27H29ClFN3O4S. The predicted octanol–water partition coefficient (Wildman–Crippen LogP) is 4.02. The third kappa shape index (κ3) is 7.77. The van der Waals surface area contributed by atoms with Gasteiger partial charge in [-0.05, 0) is 42.3 Å². The van der Waals surface area contributed by atoms with Gasteiger partial charge >= 0.3 is 0 Å². The van der Waals surface area contributed by atoms with E-state index in [1.807, 2.05) is 30.3 Å². The van der Waals surface area contributed by atoms with E-state index < -0.39 is 34.3 Å². The Morgan fingerprint density at radius 1 is 0.946 bits per heavy atom. The van der Waals surface area contributed by atoms with Gasteiger partial charge in [-0.2, -0.15) is 0 Å². The van der Waals surface area contributed by atoms with E-state index in [1.54, 1.807) is 31.2 Å². The number of benzene rings is 3. The number of hydrogen-bond acceptors (Lipinski definition) is 4. The summed E-state index contributed by atoms with van der Waals surface area (Å²) in [5.41, 5.74) is 1.26. The molecule has 0 aromatic heterocycles. The van der Waals surface area contributed by atoms with Gasteiger partial charge in [0.05, 0.1) is 11.9 Å². The lowest BCUT2D eigenvalue weighted by molar-refractivity contribution is -0.140. The number of sulfonamides is 1. The topological polar surface area (TPSA) is 86.8 Å². The third-order valence-electron chi connectivity index (χ3n) is 5.69. The Morgan fingerprint density at radius 2 is 1.57 bits per heavy atom. The summed E-state index contributed by atoms with van der Waals surface area (Å²) >= 11 is 6.02. The van der Waals surface area contributed by atoms with Crippen molar-refractivity contribution in [1.29, 1.82) is 0 Å². The first kappa shape index (κ1) is 28.1. The summed E-state index contributed by atoms with van der Waals surface area (Å²) in [7, 11) is -4.03. The number of hydrogen-bond donors (Lipinski definition) is 1. The minimum atomic E-state index is -4.03. The minimum absolute atomic E-state index is 0.0134. The zero-order valence-corrected chi connectivity index (χ0v) is 22.2. The molecule has 0 saturated carbocycles. The number of nitrogens with one attached hydrogen (secondary N) is 1. The van der Waals surface area contributed by atoms with Crippen LogP contribution in [0.2, 0.25) is 5.02 Å². The van der Waals surface area contributed by atoms with Crippen molar-refractivity contribution in [1.82, 2.24) is 10.2 Å². The molecule has 3 aromatic rings. The van der Waals surface area contributed by atoms with E-state index in [0.29, 0.717) is 17.1 Å². The molecule has 1 N–H and O–H groups in total. The zero-order chi connectivity index (χ0) is 27.0. The summed E-state index contributed by atoms with van der Waals surface area (Å²) in [5.74, 6) is -1.82. The Labute approximate surface area is 221 Å². The summed E-state index contributed by atoms with van der Waals surface area (Å²) in [5, 5.41) is 3.28. The van der Waals surface area contributed by atoms with Crippen LogP contribution in [0.5, 0.6) is 0 Å². The molecule has 37 heavy (non-hydrogen) atoms. The van der Waals surface area contributed by atoms with E-state index in [-0.39, 0.29) is 24.6 Å². The maximum absolute atomic E-state index is 14.6. The molecule has 0 spiro atoms. The van der Waals surface area contributed by atoms with Crippen molar-refractivity contribution >= 4 is 39.1 Å². The number of carbonyl (C=O) groups is 2. The monoisotopic (exact) mass is 545 g/mol. The molecule has 0 aliphatic rings. The van der Waals surface area contributed by atoms with Crippen molar-refractivity contribution in [3.05, 3.63) is 101 Å². The summed E-state index contributed by atoms with van der Waals surface area (Å²) in [6.45, 7) is 1.45. The number of nitrogens with zero attached hydrogens (tertiary/aromatic N) is 2. The maximum atomic E-state index is 14.6. The van der Waals surface area contributed by atoms with Crippen molar-refractivity contribution in [2.75, 3.05) is 23.7 Å². The van der Waals surface area contributed by atoms with Crippen LogP contribution < -0.4 is 9.62 Å². The van der Waals surface area contributed by atoms with Gasteiger partial charge in [-0.1, -0.05) is 66.2 Å². The standard InChI is InChI=1S/C27H29ClFN3O4S/c1-3-30-27(34)25(17-20-9-5-4-6-10-20)31(18-21-13-15-22(28)16-14-21)26(33)19-32(37(2,35)36)24-12-8-7-11-23(24)29/h4-16,25H,3,17-19H2,1-2H3,(H,30,34)/t25-/m0/s1. The number of carbonyl (C=O) groups excluding carboxylic acids is 2. The minimum Gasteiger partial charge on any atom is -0.355 e. The zero-order valence-electron chi connectivity index (χ0n) is 20.6. The lowest BCUT2D eigenvalue weighted by Crippen LogP contribution is -2.53. The molecule has 0 saturated heterocycles. The van der Waals surface area contributed by atoms with Crippen molar-refractivity contribution in [2.24, 2.45) is 0 Å². The van der Waals surface area contributed by atoms with Crippen molar-refractivity contribution < 1.29 is 22.4 Å². The van der Waals surface area contributed by atoms with Crippen LogP contribution in [0.15, 0.2) is 78.9 Å². The highest BCUT2D eigenvalue weighted by Gasteiger charge is 2.33. The summed E-state index contributed by atoms with van der Waals surface area (Å²) < 4.78 is 40.6. The van der Waals surface area contributed by atoms with Crippen LogP contribution in [0.4, 0.5) is 10.1 Å². The fraction of sp³-hybridized carbons (Fsp3) is 0.259. The van der Waals surface area contributed by atoms with Gasteiger partial charge in [-0.25, -0.2) is 12.8 Å². The molecule has 0 bridgehead atoms. The van der Waals surface area contributed by atoms with Gasteiger partial charge in [-0.15, -0.1) is 0 Å². The molecule has 3 rings (SSSR count). The van der Waals surface area contributed by atoms with Crippen LogP contribution >= 0.6 is 11.6 Å². The van der Waals surface area contributed by atoms with E-state index in [0.717, 1.165) is 22.2 Å². The van der Waals surface area contributed by atoms with E-state index in [4.69, 9.17) is 11.6 Å².